The molecule has 0 aliphatic rings. The highest BCUT2D eigenvalue weighted by molar-refractivity contribution is 8.00. The van der Waals surface area contributed by atoms with Crippen molar-refractivity contribution in [3.05, 3.63) is 23.8 Å². The molecule has 0 atom stereocenters. The minimum absolute atomic E-state index is 0.115. The summed E-state index contributed by atoms with van der Waals surface area (Å²) in [5.41, 5.74) is 7.29. The largest absolute Gasteiger partial charge is 0.461 e. The summed E-state index contributed by atoms with van der Waals surface area (Å²) in [7, 11) is 0. The van der Waals surface area contributed by atoms with Crippen LogP contribution in [0, 0.1) is 0 Å². The molecule has 0 aromatic heterocycles. The highest BCUT2D eigenvalue weighted by atomic mass is 32.2. The number of carbonyl (C=O) groups is 1. The van der Waals surface area contributed by atoms with E-state index in [2.05, 4.69) is 4.74 Å². The van der Waals surface area contributed by atoms with Gasteiger partial charge in [0.1, 0.15) is 6.61 Å². The monoisotopic (exact) mass is 280 g/mol. The zero-order valence-corrected chi connectivity index (χ0v) is 9.98. The predicted octanol–water partition coefficient (Wildman–Crippen LogP) is 2.26. The Morgan fingerprint density at radius 2 is 1.78 bits per heavy atom. The molecular weight excluding hydrogens is 269 g/mol. The van der Waals surface area contributed by atoms with Crippen LogP contribution in [0.3, 0.4) is 0 Å². The normalized spacial score (nSPS) is 11.3. The Morgan fingerprint density at radius 1 is 1.22 bits per heavy atom. The number of hydrogen-bond donors (Lipinski definition) is 2. The van der Waals surface area contributed by atoms with Crippen LogP contribution in [-0.2, 0) is 4.74 Å². The molecule has 0 saturated heterocycles. The number of benzene rings is 1. The molecule has 0 spiro atoms. The van der Waals surface area contributed by atoms with Crippen LogP contribution in [0.25, 0.3) is 0 Å². The standard InChI is InChI=1S/C10H11F3N2O2S/c11-10(12,13)18-2-1-17-9(16)6-3-7(14)5-8(15)4-6/h3-5H,1-2,14-15H2. The third-order valence-corrected chi connectivity index (χ3v) is 2.49. The third kappa shape index (κ3) is 5.17. The quantitative estimate of drug-likeness (QED) is 0.502. The van der Waals surface area contributed by atoms with E-state index in [1.165, 1.54) is 18.2 Å². The predicted molar refractivity (Wildman–Crippen MR) is 64.1 cm³/mol. The number of ether oxygens (including phenoxy) is 1. The molecule has 0 unspecified atom stereocenters. The minimum atomic E-state index is -4.33. The van der Waals surface area contributed by atoms with Gasteiger partial charge in [-0.3, -0.25) is 0 Å². The van der Waals surface area contributed by atoms with Gasteiger partial charge < -0.3 is 16.2 Å². The first-order valence-corrected chi connectivity index (χ1v) is 5.80. The molecule has 0 fully saturated rings. The second-order valence-corrected chi connectivity index (χ2v) is 4.48. The molecule has 0 aliphatic carbocycles. The van der Waals surface area contributed by atoms with Crippen molar-refractivity contribution in [3.63, 3.8) is 0 Å². The highest BCUT2D eigenvalue weighted by Gasteiger charge is 2.27. The van der Waals surface area contributed by atoms with Gasteiger partial charge in [0.25, 0.3) is 0 Å². The van der Waals surface area contributed by atoms with Gasteiger partial charge in [0.2, 0.25) is 0 Å². The molecular formula is C10H11F3N2O2S. The van der Waals surface area contributed by atoms with Gasteiger partial charge in [0.15, 0.2) is 0 Å². The van der Waals surface area contributed by atoms with E-state index >= 15 is 0 Å². The summed E-state index contributed by atoms with van der Waals surface area (Å²) in [6.45, 7) is -0.336. The van der Waals surface area contributed by atoms with Gasteiger partial charge in [0, 0.05) is 17.1 Å². The molecule has 8 heteroatoms. The van der Waals surface area contributed by atoms with E-state index in [0.29, 0.717) is 0 Å². The Morgan fingerprint density at radius 3 is 2.28 bits per heavy atom. The first kappa shape index (κ1) is 14.5. The first-order valence-electron chi connectivity index (χ1n) is 4.82. The fourth-order valence-electron chi connectivity index (χ4n) is 1.17. The molecule has 0 radical (unpaired) electrons. The van der Waals surface area contributed by atoms with Crippen molar-refractivity contribution >= 4 is 29.1 Å². The number of nitrogens with two attached hydrogens (primary N) is 2. The summed E-state index contributed by atoms with van der Waals surface area (Å²) in [6, 6.07) is 4.14. The summed E-state index contributed by atoms with van der Waals surface area (Å²) in [5, 5.41) is 0. The average Bonchev–Trinajstić information content (AvgIpc) is 2.21. The lowest BCUT2D eigenvalue weighted by molar-refractivity contribution is -0.0331. The molecule has 4 nitrogen and oxygen atoms in total. The lowest BCUT2D eigenvalue weighted by Crippen LogP contribution is -2.11. The van der Waals surface area contributed by atoms with Crippen molar-refractivity contribution in [1.29, 1.82) is 0 Å². The molecule has 1 rings (SSSR count). The van der Waals surface area contributed by atoms with E-state index in [1.54, 1.807) is 0 Å². The number of hydrogen-bond acceptors (Lipinski definition) is 5. The van der Waals surface area contributed by atoms with Crippen LogP contribution >= 0.6 is 11.8 Å². The van der Waals surface area contributed by atoms with Crippen molar-refractivity contribution in [3.8, 4) is 0 Å². The Labute approximate surface area is 105 Å². The Balaban J connectivity index is 2.46. The Bertz CT molecular complexity index is 417. The van der Waals surface area contributed by atoms with Gasteiger partial charge in [-0.2, -0.15) is 13.2 Å². The van der Waals surface area contributed by atoms with Crippen LogP contribution in [0.5, 0.6) is 0 Å². The van der Waals surface area contributed by atoms with Crippen LogP contribution in [-0.4, -0.2) is 23.8 Å². The smallest absolute Gasteiger partial charge is 0.441 e. The summed E-state index contributed by atoms with van der Waals surface area (Å²) in [6.07, 6.45) is 0. The van der Waals surface area contributed by atoms with Gasteiger partial charge in [-0.05, 0) is 30.0 Å². The number of thioether (sulfide) groups is 1. The number of anilines is 2. The average molecular weight is 280 g/mol. The lowest BCUT2D eigenvalue weighted by atomic mass is 10.2. The van der Waals surface area contributed by atoms with Crippen LogP contribution in [0.15, 0.2) is 18.2 Å². The summed E-state index contributed by atoms with van der Waals surface area (Å²) >= 11 is -0.250. The summed E-state index contributed by atoms with van der Waals surface area (Å²) in [4.78, 5) is 11.4. The van der Waals surface area contributed by atoms with Crippen molar-refractivity contribution in [2.75, 3.05) is 23.8 Å². The number of halogens is 3. The van der Waals surface area contributed by atoms with Crippen molar-refractivity contribution in [2.24, 2.45) is 0 Å². The molecule has 1 aromatic carbocycles. The first-order chi connectivity index (χ1) is 8.28. The second-order valence-electron chi connectivity index (χ2n) is 3.32. The fraction of sp³-hybridized carbons (Fsp3) is 0.300. The van der Waals surface area contributed by atoms with Gasteiger partial charge in [-0.1, -0.05) is 0 Å². The Kier molecular flexibility index (Phi) is 4.71. The molecule has 0 saturated carbocycles. The van der Waals surface area contributed by atoms with E-state index in [-0.39, 0.29) is 41.1 Å². The summed E-state index contributed by atoms with van der Waals surface area (Å²) in [5.74, 6) is -1.11. The molecule has 0 heterocycles. The number of nitrogen functional groups attached to an aromatic ring is 2. The van der Waals surface area contributed by atoms with E-state index in [9.17, 15) is 18.0 Å². The zero-order valence-electron chi connectivity index (χ0n) is 9.16. The lowest BCUT2D eigenvalue weighted by Gasteiger charge is -2.07. The molecule has 4 N–H and O–H groups in total. The Hall–Kier alpha value is -1.57. The van der Waals surface area contributed by atoms with Gasteiger partial charge in [-0.25, -0.2) is 4.79 Å². The summed E-state index contributed by atoms with van der Waals surface area (Å²) < 4.78 is 40.1. The number of alkyl halides is 3. The maximum absolute atomic E-state index is 11.8. The molecule has 1 aromatic rings. The van der Waals surface area contributed by atoms with Crippen molar-refractivity contribution in [1.82, 2.24) is 0 Å². The van der Waals surface area contributed by atoms with Gasteiger partial charge >= 0.3 is 11.5 Å². The van der Waals surface area contributed by atoms with E-state index in [4.69, 9.17) is 11.5 Å². The van der Waals surface area contributed by atoms with Crippen LogP contribution in [0.4, 0.5) is 24.5 Å². The topological polar surface area (TPSA) is 78.3 Å². The maximum atomic E-state index is 11.8. The fourth-order valence-corrected chi connectivity index (χ4v) is 1.57. The van der Waals surface area contributed by atoms with Crippen molar-refractivity contribution in [2.45, 2.75) is 5.51 Å². The molecule has 0 bridgehead atoms. The molecule has 0 aliphatic heterocycles. The second kappa shape index (κ2) is 5.85. The number of rotatable bonds is 4. The molecule has 100 valence electrons. The van der Waals surface area contributed by atoms with Gasteiger partial charge in [-0.15, -0.1) is 0 Å². The third-order valence-electron chi connectivity index (χ3n) is 1.80. The SMILES string of the molecule is Nc1cc(N)cc(C(=O)OCCSC(F)(F)F)c1. The van der Waals surface area contributed by atoms with Crippen LogP contribution in [0.1, 0.15) is 10.4 Å². The van der Waals surface area contributed by atoms with E-state index in [0.717, 1.165) is 0 Å². The van der Waals surface area contributed by atoms with E-state index < -0.39 is 11.5 Å². The van der Waals surface area contributed by atoms with Gasteiger partial charge in [0.05, 0.1) is 5.56 Å². The highest BCUT2D eigenvalue weighted by Crippen LogP contribution is 2.29. The maximum Gasteiger partial charge on any atom is 0.441 e. The van der Waals surface area contributed by atoms with Crippen molar-refractivity contribution < 1.29 is 22.7 Å². The zero-order chi connectivity index (χ0) is 13.8. The molecule has 18 heavy (non-hydrogen) atoms. The molecule has 0 amide bonds. The number of esters is 1. The van der Waals surface area contributed by atoms with E-state index in [1.807, 2.05) is 0 Å². The number of carbonyl (C=O) groups excluding carboxylic acids is 1. The van der Waals surface area contributed by atoms with Crippen LogP contribution < -0.4 is 11.5 Å². The minimum Gasteiger partial charge on any atom is -0.461 e. The van der Waals surface area contributed by atoms with Crippen LogP contribution in [0.2, 0.25) is 0 Å².